The van der Waals surface area contributed by atoms with Gasteiger partial charge in [-0.2, -0.15) is 0 Å². The molecule has 1 unspecified atom stereocenters. The Balaban J connectivity index is 1.90. The van der Waals surface area contributed by atoms with Crippen molar-refractivity contribution in [2.45, 2.75) is 6.04 Å². The molecule has 1 amide bonds. The number of halogens is 1. The molecule has 1 fully saturated rings. The summed E-state index contributed by atoms with van der Waals surface area (Å²) in [5.41, 5.74) is 1.06. The highest BCUT2D eigenvalue weighted by Gasteiger charge is 2.32. The first-order valence-electron chi connectivity index (χ1n) is 7.17. The molecule has 0 aliphatic carbocycles. The van der Waals surface area contributed by atoms with Crippen LogP contribution in [0.5, 0.6) is 0 Å². The zero-order chi connectivity index (χ0) is 16.4. The first kappa shape index (κ1) is 15.5. The van der Waals surface area contributed by atoms with Gasteiger partial charge < -0.3 is 20.3 Å². The molecule has 7 nitrogen and oxygen atoms in total. The molecule has 0 bridgehead atoms. The molecule has 2 heterocycles. The first-order chi connectivity index (χ1) is 11.1. The van der Waals surface area contributed by atoms with Crippen molar-refractivity contribution in [3.8, 4) is 0 Å². The number of nitro groups is 1. The van der Waals surface area contributed by atoms with Crippen LogP contribution < -0.4 is 5.32 Å². The van der Waals surface area contributed by atoms with Crippen molar-refractivity contribution in [2.75, 3.05) is 19.6 Å². The van der Waals surface area contributed by atoms with Crippen molar-refractivity contribution < 1.29 is 9.72 Å². The highest BCUT2D eigenvalue weighted by molar-refractivity contribution is 6.31. The predicted molar refractivity (Wildman–Crippen MR) is 85.5 cm³/mol. The van der Waals surface area contributed by atoms with Crippen LogP contribution in [-0.4, -0.2) is 40.3 Å². The second-order valence-electron chi connectivity index (χ2n) is 5.25. The van der Waals surface area contributed by atoms with Crippen molar-refractivity contribution in [3.63, 3.8) is 0 Å². The third-order valence-electron chi connectivity index (χ3n) is 3.87. The van der Waals surface area contributed by atoms with Crippen LogP contribution in [0.2, 0.25) is 5.02 Å². The molecule has 1 aromatic carbocycles. The number of aromatic amines is 1. The minimum absolute atomic E-state index is 0.197. The zero-order valence-electron chi connectivity index (χ0n) is 12.2. The summed E-state index contributed by atoms with van der Waals surface area (Å²) >= 11 is 6.26. The van der Waals surface area contributed by atoms with Crippen molar-refractivity contribution >= 4 is 23.3 Å². The van der Waals surface area contributed by atoms with Gasteiger partial charge in [-0.15, -0.1) is 0 Å². The SMILES string of the molecule is O=C(c1ccc([N+](=O)[O-])[nH]1)N1CCNCC1c1ccccc1Cl. The molecule has 0 radical (unpaired) electrons. The van der Waals surface area contributed by atoms with Crippen LogP contribution in [0, 0.1) is 10.1 Å². The van der Waals surface area contributed by atoms with Crippen LogP contribution in [0.25, 0.3) is 0 Å². The van der Waals surface area contributed by atoms with Crippen LogP contribution >= 0.6 is 11.6 Å². The van der Waals surface area contributed by atoms with Crippen molar-refractivity contribution in [1.29, 1.82) is 0 Å². The van der Waals surface area contributed by atoms with E-state index in [4.69, 9.17) is 11.6 Å². The molecule has 1 atom stereocenters. The lowest BCUT2D eigenvalue weighted by molar-refractivity contribution is -0.389. The van der Waals surface area contributed by atoms with Crippen LogP contribution in [0.3, 0.4) is 0 Å². The van der Waals surface area contributed by atoms with Crippen LogP contribution in [0.15, 0.2) is 36.4 Å². The quantitative estimate of drug-likeness (QED) is 0.666. The Morgan fingerprint density at radius 1 is 1.30 bits per heavy atom. The maximum absolute atomic E-state index is 12.7. The second-order valence-corrected chi connectivity index (χ2v) is 5.66. The van der Waals surface area contributed by atoms with Gasteiger partial charge in [0, 0.05) is 30.7 Å². The Labute approximate surface area is 137 Å². The smallest absolute Gasteiger partial charge is 0.321 e. The third-order valence-corrected chi connectivity index (χ3v) is 4.21. The number of H-pyrrole nitrogens is 1. The summed E-state index contributed by atoms with van der Waals surface area (Å²) < 4.78 is 0. The average Bonchev–Trinajstić information content (AvgIpc) is 3.05. The number of rotatable bonds is 3. The van der Waals surface area contributed by atoms with Crippen LogP contribution in [0.1, 0.15) is 22.1 Å². The topological polar surface area (TPSA) is 91.3 Å². The fourth-order valence-electron chi connectivity index (χ4n) is 2.74. The molecule has 23 heavy (non-hydrogen) atoms. The van der Waals surface area contributed by atoms with Gasteiger partial charge in [0.05, 0.1) is 6.04 Å². The maximum Gasteiger partial charge on any atom is 0.321 e. The molecular weight excluding hydrogens is 320 g/mol. The lowest BCUT2D eigenvalue weighted by Gasteiger charge is -2.36. The lowest BCUT2D eigenvalue weighted by Crippen LogP contribution is -2.48. The molecule has 0 spiro atoms. The van der Waals surface area contributed by atoms with Crippen LogP contribution in [-0.2, 0) is 0 Å². The molecule has 2 aromatic rings. The Bertz CT molecular complexity index is 746. The van der Waals surface area contributed by atoms with E-state index in [0.717, 1.165) is 5.56 Å². The van der Waals surface area contributed by atoms with E-state index in [1.807, 2.05) is 18.2 Å². The van der Waals surface area contributed by atoms with Gasteiger partial charge >= 0.3 is 5.82 Å². The summed E-state index contributed by atoms with van der Waals surface area (Å²) in [6.07, 6.45) is 0. The van der Waals surface area contributed by atoms with Gasteiger partial charge in [0.25, 0.3) is 5.91 Å². The minimum atomic E-state index is -0.555. The number of nitrogens with one attached hydrogen (secondary N) is 2. The Morgan fingerprint density at radius 3 is 2.78 bits per heavy atom. The number of carbonyl (C=O) groups excluding carboxylic acids is 1. The first-order valence-corrected chi connectivity index (χ1v) is 7.55. The molecule has 1 aromatic heterocycles. The molecule has 1 aliphatic rings. The van der Waals surface area contributed by atoms with E-state index in [2.05, 4.69) is 10.3 Å². The Morgan fingerprint density at radius 2 is 2.09 bits per heavy atom. The summed E-state index contributed by atoms with van der Waals surface area (Å²) in [6, 6.07) is 9.89. The number of hydrogen-bond acceptors (Lipinski definition) is 4. The van der Waals surface area contributed by atoms with E-state index in [-0.39, 0.29) is 23.5 Å². The minimum Gasteiger partial charge on any atom is -0.358 e. The molecule has 0 saturated carbocycles. The summed E-state index contributed by atoms with van der Waals surface area (Å²) in [5, 5.41) is 14.6. The van der Waals surface area contributed by atoms with Crippen molar-refractivity contribution in [1.82, 2.24) is 15.2 Å². The molecule has 1 aliphatic heterocycles. The number of nitrogens with zero attached hydrogens (tertiary/aromatic N) is 2. The largest absolute Gasteiger partial charge is 0.358 e. The molecule has 8 heteroatoms. The summed E-state index contributed by atoms with van der Waals surface area (Å²) in [4.78, 5) is 27.2. The number of carbonyl (C=O) groups is 1. The van der Waals surface area contributed by atoms with Gasteiger partial charge in [0.15, 0.2) is 5.69 Å². The van der Waals surface area contributed by atoms with Crippen LogP contribution in [0.4, 0.5) is 5.82 Å². The summed E-state index contributed by atoms with van der Waals surface area (Å²) in [7, 11) is 0. The van der Waals surface area contributed by atoms with E-state index in [1.54, 1.807) is 11.0 Å². The van der Waals surface area contributed by atoms with Gasteiger partial charge in [-0.3, -0.25) is 4.79 Å². The lowest BCUT2D eigenvalue weighted by atomic mass is 10.0. The monoisotopic (exact) mass is 334 g/mol. The molecule has 3 rings (SSSR count). The fourth-order valence-corrected chi connectivity index (χ4v) is 3.00. The maximum atomic E-state index is 12.7. The standard InChI is InChI=1S/C15H15ClN4O3/c16-11-4-2-1-3-10(11)13-9-17-7-8-19(13)15(21)12-5-6-14(18-12)20(22)23/h1-6,13,17-18H,7-9H2. The number of aromatic nitrogens is 1. The fraction of sp³-hybridized carbons (Fsp3) is 0.267. The van der Waals surface area contributed by atoms with Gasteiger partial charge in [-0.25, -0.2) is 4.98 Å². The highest BCUT2D eigenvalue weighted by atomic mass is 35.5. The highest BCUT2D eigenvalue weighted by Crippen LogP contribution is 2.29. The van der Waals surface area contributed by atoms with Crippen molar-refractivity contribution in [2.24, 2.45) is 0 Å². The molecule has 1 saturated heterocycles. The third kappa shape index (κ3) is 3.06. The predicted octanol–water partition coefficient (Wildman–Crippen LogP) is 2.36. The van der Waals surface area contributed by atoms with Gasteiger partial charge in [0.1, 0.15) is 0 Å². The van der Waals surface area contributed by atoms with Crippen molar-refractivity contribution in [3.05, 3.63) is 62.8 Å². The Kier molecular flexibility index (Phi) is 4.31. The molecule has 2 N–H and O–H groups in total. The van der Waals surface area contributed by atoms with Gasteiger partial charge in [-0.05, 0) is 22.6 Å². The number of benzene rings is 1. The summed E-state index contributed by atoms with van der Waals surface area (Å²) in [5.74, 6) is -0.470. The van der Waals surface area contributed by atoms with E-state index in [0.29, 0.717) is 24.7 Å². The van der Waals surface area contributed by atoms with Gasteiger partial charge in [-0.1, -0.05) is 29.8 Å². The normalized spacial score (nSPS) is 18.0. The van der Waals surface area contributed by atoms with E-state index >= 15 is 0 Å². The number of piperazine rings is 1. The molecular formula is C15H15ClN4O3. The zero-order valence-corrected chi connectivity index (χ0v) is 12.9. The number of amides is 1. The van der Waals surface area contributed by atoms with E-state index in [1.165, 1.54) is 12.1 Å². The van der Waals surface area contributed by atoms with E-state index < -0.39 is 4.92 Å². The number of hydrogen-bond donors (Lipinski definition) is 2. The molecule has 120 valence electrons. The second kappa shape index (κ2) is 6.39. The van der Waals surface area contributed by atoms with Gasteiger partial charge in [0.2, 0.25) is 0 Å². The van der Waals surface area contributed by atoms with E-state index in [9.17, 15) is 14.9 Å². The summed E-state index contributed by atoms with van der Waals surface area (Å²) in [6.45, 7) is 1.75. The Hall–Kier alpha value is -2.38. The average molecular weight is 335 g/mol.